The molecule has 3 rings (SSSR count). The summed E-state index contributed by atoms with van der Waals surface area (Å²) in [7, 11) is 0. The van der Waals surface area contributed by atoms with Gasteiger partial charge in [0.15, 0.2) is 5.76 Å². The maximum absolute atomic E-state index is 12.8. The zero-order chi connectivity index (χ0) is 17.1. The van der Waals surface area contributed by atoms with Crippen molar-refractivity contribution >= 4 is 38.7 Å². The predicted octanol–water partition coefficient (Wildman–Crippen LogP) is 4.53. The molecular formula is C19H15BrO4. The van der Waals surface area contributed by atoms with Crippen molar-refractivity contribution in [1.82, 2.24) is 0 Å². The Hall–Kier alpha value is -2.40. The van der Waals surface area contributed by atoms with E-state index in [4.69, 9.17) is 9.15 Å². The Bertz CT molecular complexity index is 896. The van der Waals surface area contributed by atoms with Crippen LogP contribution in [0.5, 0.6) is 0 Å². The number of furan rings is 1. The average molecular weight is 387 g/mol. The molecule has 24 heavy (non-hydrogen) atoms. The summed E-state index contributed by atoms with van der Waals surface area (Å²) in [5, 5.41) is 0.733. The molecule has 2 aromatic carbocycles. The summed E-state index contributed by atoms with van der Waals surface area (Å²) in [6.45, 7) is 2.04. The Balaban J connectivity index is 2.12. The lowest BCUT2D eigenvalue weighted by atomic mass is 10.0. The smallest absolute Gasteiger partial charge is 0.310 e. The maximum atomic E-state index is 12.8. The molecule has 0 N–H and O–H groups in total. The molecule has 0 spiro atoms. The first-order valence-electron chi connectivity index (χ1n) is 7.56. The zero-order valence-corrected chi connectivity index (χ0v) is 14.6. The molecule has 0 saturated heterocycles. The van der Waals surface area contributed by atoms with Gasteiger partial charge in [0, 0.05) is 21.0 Å². The summed E-state index contributed by atoms with van der Waals surface area (Å²) in [6.07, 6.45) is -0.00873. The minimum Gasteiger partial charge on any atom is -0.466 e. The van der Waals surface area contributed by atoms with E-state index in [1.807, 2.05) is 18.2 Å². The van der Waals surface area contributed by atoms with Gasteiger partial charge in [-0.3, -0.25) is 9.59 Å². The SMILES string of the molecule is CCOC(=O)Cc1c(C(=O)c2ccccc2)oc2ccc(Br)cc12. The zero-order valence-electron chi connectivity index (χ0n) is 13.0. The molecule has 4 nitrogen and oxygen atoms in total. The van der Waals surface area contributed by atoms with Crippen LogP contribution in [0.15, 0.2) is 57.4 Å². The highest BCUT2D eigenvalue weighted by atomic mass is 79.9. The van der Waals surface area contributed by atoms with Gasteiger partial charge >= 0.3 is 5.97 Å². The molecule has 0 atom stereocenters. The third-order valence-electron chi connectivity index (χ3n) is 3.62. The number of hydrogen-bond donors (Lipinski definition) is 0. The third kappa shape index (κ3) is 3.26. The second-order valence-corrected chi connectivity index (χ2v) is 6.14. The molecule has 0 aliphatic heterocycles. The van der Waals surface area contributed by atoms with Gasteiger partial charge in [-0.25, -0.2) is 0 Å². The fourth-order valence-corrected chi connectivity index (χ4v) is 2.92. The van der Waals surface area contributed by atoms with E-state index in [-0.39, 0.29) is 23.9 Å². The monoisotopic (exact) mass is 386 g/mol. The number of carbonyl (C=O) groups excluding carboxylic acids is 2. The van der Waals surface area contributed by atoms with Gasteiger partial charge in [-0.15, -0.1) is 0 Å². The van der Waals surface area contributed by atoms with Crippen LogP contribution < -0.4 is 0 Å². The highest BCUT2D eigenvalue weighted by Crippen LogP contribution is 2.30. The minimum absolute atomic E-state index is 0.00873. The minimum atomic E-state index is -0.387. The maximum Gasteiger partial charge on any atom is 0.310 e. The van der Waals surface area contributed by atoms with E-state index in [1.165, 1.54) is 0 Å². The first kappa shape index (κ1) is 16.5. The van der Waals surface area contributed by atoms with Crippen LogP contribution in [0.4, 0.5) is 0 Å². The number of esters is 1. The number of ketones is 1. The number of carbonyl (C=O) groups is 2. The molecule has 0 radical (unpaired) electrons. The fourth-order valence-electron chi connectivity index (χ4n) is 2.56. The highest BCUT2D eigenvalue weighted by molar-refractivity contribution is 9.10. The van der Waals surface area contributed by atoms with Crippen LogP contribution >= 0.6 is 15.9 Å². The van der Waals surface area contributed by atoms with E-state index in [0.717, 1.165) is 9.86 Å². The van der Waals surface area contributed by atoms with Gasteiger partial charge in [0.05, 0.1) is 13.0 Å². The lowest BCUT2D eigenvalue weighted by Gasteiger charge is -2.03. The molecule has 0 fully saturated rings. The van der Waals surface area contributed by atoms with Crippen molar-refractivity contribution in [1.29, 1.82) is 0 Å². The van der Waals surface area contributed by atoms with Crippen molar-refractivity contribution in [3.63, 3.8) is 0 Å². The molecule has 0 bridgehead atoms. The molecule has 0 saturated carbocycles. The largest absolute Gasteiger partial charge is 0.466 e. The third-order valence-corrected chi connectivity index (χ3v) is 4.11. The van der Waals surface area contributed by atoms with Crippen LogP contribution in [0.25, 0.3) is 11.0 Å². The summed E-state index contributed by atoms with van der Waals surface area (Å²) in [5.41, 5.74) is 1.64. The second kappa shape index (κ2) is 7.01. The highest BCUT2D eigenvalue weighted by Gasteiger charge is 2.24. The topological polar surface area (TPSA) is 56.5 Å². The Morgan fingerprint density at radius 3 is 2.58 bits per heavy atom. The standard InChI is InChI=1S/C19H15BrO4/c1-2-23-17(21)11-15-14-10-13(20)8-9-16(14)24-19(15)18(22)12-6-4-3-5-7-12/h3-10H,2,11H2,1H3. The van der Waals surface area contributed by atoms with Gasteiger partial charge in [0.2, 0.25) is 5.78 Å². The second-order valence-electron chi connectivity index (χ2n) is 5.23. The number of ether oxygens (including phenoxy) is 1. The van der Waals surface area contributed by atoms with Crippen molar-refractivity contribution in [2.24, 2.45) is 0 Å². The molecule has 0 unspecified atom stereocenters. The molecule has 0 aliphatic carbocycles. The molecule has 122 valence electrons. The summed E-state index contributed by atoms with van der Waals surface area (Å²) in [5.74, 6) is -0.452. The summed E-state index contributed by atoms with van der Waals surface area (Å²) >= 11 is 3.41. The van der Waals surface area contributed by atoms with Gasteiger partial charge in [-0.1, -0.05) is 46.3 Å². The molecule has 1 aromatic heterocycles. The van der Waals surface area contributed by atoms with Crippen LogP contribution in [0, 0.1) is 0 Å². The predicted molar refractivity (Wildman–Crippen MR) is 94.1 cm³/mol. The van der Waals surface area contributed by atoms with E-state index in [2.05, 4.69) is 15.9 Å². The van der Waals surface area contributed by atoms with Crippen LogP contribution in [-0.2, 0) is 16.0 Å². The van der Waals surface area contributed by atoms with Crippen molar-refractivity contribution in [2.45, 2.75) is 13.3 Å². The number of halogens is 1. The van der Waals surface area contributed by atoms with E-state index in [1.54, 1.807) is 37.3 Å². The summed E-state index contributed by atoms with van der Waals surface area (Å²) in [6, 6.07) is 14.3. The van der Waals surface area contributed by atoms with E-state index in [0.29, 0.717) is 23.3 Å². The van der Waals surface area contributed by atoms with Gasteiger partial charge in [0.25, 0.3) is 0 Å². The van der Waals surface area contributed by atoms with E-state index >= 15 is 0 Å². The molecule has 0 amide bonds. The number of benzene rings is 2. The van der Waals surface area contributed by atoms with Crippen LogP contribution in [0.3, 0.4) is 0 Å². The van der Waals surface area contributed by atoms with Gasteiger partial charge < -0.3 is 9.15 Å². The molecule has 5 heteroatoms. The normalized spacial score (nSPS) is 10.8. The first-order chi connectivity index (χ1) is 11.6. The van der Waals surface area contributed by atoms with Crippen molar-refractivity contribution < 1.29 is 18.7 Å². The Labute approximate surface area is 147 Å². The van der Waals surface area contributed by atoms with Crippen LogP contribution in [0.2, 0.25) is 0 Å². The Morgan fingerprint density at radius 2 is 1.88 bits per heavy atom. The molecule has 0 aliphatic rings. The van der Waals surface area contributed by atoms with Gasteiger partial charge in [-0.05, 0) is 25.1 Å². The number of rotatable bonds is 5. The average Bonchev–Trinajstić information content (AvgIpc) is 2.93. The lowest BCUT2D eigenvalue weighted by Crippen LogP contribution is -2.11. The van der Waals surface area contributed by atoms with Crippen LogP contribution in [-0.4, -0.2) is 18.4 Å². The summed E-state index contributed by atoms with van der Waals surface area (Å²) in [4.78, 5) is 24.8. The quantitative estimate of drug-likeness (QED) is 0.477. The van der Waals surface area contributed by atoms with Gasteiger partial charge in [0.1, 0.15) is 5.58 Å². The molecule has 3 aromatic rings. The van der Waals surface area contributed by atoms with Crippen LogP contribution in [0.1, 0.15) is 28.6 Å². The molecular weight excluding hydrogens is 372 g/mol. The number of fused-ring (bicyclic) bond motifs is 1. The van der Waals surface area contributed by atoms with E-state index in [9.17, 15) is 9.59 Å². The van der Waals surface area contributed by atoms with Gasteiger partial charge in [-0.2, -0.15) is 0 Å². The Kier molecular flexibility index (Phi) is 4.81. The number of hydrogen-bond acceptors (Lipinski definition) is 4. The molecule has 1 heterocycles. The van der Waals surface area contributed by atoms with Crippen molar-refractivity contribution in [2.75, 3.05) is 6.61 Å². The fraction of sp³-hybridized carbons (Fsp3) is 0.158. The summed E-state index contributed by atoms with van der Waals surface area (Å²) < 4.78 is 11.6. The first-order valence-corrected chi connectivity index (χ1v) is 8.35. The van der Waals surface area contributed by atoms with Crippen molar-refractivity contribution in [3.8, 4) is 0 Å². The lowest BCUT2D eigenvalue weighted by molar-refractivity contribution is -0.142. The Morgan fingerprint density at radius 1 is 1.12 bits per heavy atom. The van der Waals surface area contributed by atoms with E-state index < -0.39 is 0 Å². The van der Waals surface area contributed by atoms with Crippen molar-refractivity contribution in [3.05, 3.63) is 69.9 Å².